The molecule has 0 saturated heterocycles. The van der Waals surface area contributed by atoms with E-state index in [0.717, 1.165) is 40.1 Å². The summed E-state index contributed by atoms with van der Waals surface area (Å²) >= 11 is 0. The molecule has 0 aliphatic carbocycles. The molecule has 9 aromatic carbocycles. The predicted molar refractivity (Wildman–Crippen MR) is 241 cm³/mol. The van der Waals surface area contributed by atoms with E-state index in [2.05, 4.69) is 224 Å². The van der Waals surface area contributed by atoms with Gasteiger partial charge in [-0.15, -0.1) is 0 Å². The molecule has 0 radical (unpaired) electrons. The number of benzene rings is 9. The second-order valence-electron chi connectivity index (χ2n) is 14.6. The lowest BCUT2D eigenvalue weighted by Gasteiger charge is -2.30. The summed E-state index contributed by atoms with van der Waals surface area (Å²) in [5, 5.41) is 7.75. The first kappa shape index (κ1) is 33.4. The maximum absolute atomic E-state index is 4.59. The van der Waals surface area contributed by atoms with Crippen LogP contribution in [0.5, 0.6) is 0 Å². The molecule has 0 fully saturated rings. The summed E-state index contributed by atoms with van der Waals surface area (Å²) in [6.45, 7) is 4.59. The minimum Gasteiger partial charge on any atom is -0.310 e. The third-order valence-electron chi connectivity index (χ3n) is 11.2. The van der Waals surface area contributed by atoms with Gasteiger partial charge in [-0.3, -0.25) is 0 Å². The van der Waals surface area contributed by atoms with E-state index >= 15 is 0 Å². The number of allylic oxidation sites excluding steroid dienone is 5. The Labute approximate surface area is 328 Å². The molecule has 10 rings (SSSR count). The average Bonchev–Trinajstić information content (AvgIpc) is 3.29. The van der Waals surface area contributed by atoms with Gasteiger partial charge in [0.05, 0.1) is 5.69 Å². The predicted octanol–water partition coefficient (Wildman–Crippen LogP) is 15.3. The molecule has 0 amide bonds. The van der Waals surface area contributed by atoms with Crippen LogP contribution in [0.3, 0.4) is 0 Å². The van der Waals surface area contributed by atoms with Crippen molar-refractivity contribution in [2.24, 2.45) is 0 Å². The Kier molecular flexibility index (Phi) is 8.46. The molecule has 0 aromatic heterocycles. The van der Waals surface area contributed by atoms with E-state index in [-0.39, 0.29) is 0 Å². The quantitative estimate of drug-likeness (QED) is 0.164. The average molecular weight is 714 g/mol. The fourth-order valence-electron chi connectivity index (χ4n) is 8.43. The number of hydrogen-bond donors (Lipinski definition) is 0. The van der Waals surface area contributed by atoms with Crippen molar-refractivity contribution in [3.05, 3.63) is 230 Å². The zero-order chi connectivity index (χ0) is 37.4. The first-order chi connectivity index (χ1) is 27.7. The van der Waals surface area contributed by atoms with E-state index in [0.29, 0.717) is 0 Å². The Morgan fingerprint density at radius 3 is 1.55 bits per heavy atom. The smallest absolute Gasteiger partial charge is 0.0540 e. The largest absolute Gasteiger partial charge is 0.310 e. The van der Waals surface area contributed by atoms with Crippen LogP contribution in [-0.2, 0) is 6.42 Å². The highest BCUT2D eigenvalue weighted by molar-refractivity contribution is 6.25. The van der Waals surface area contributed by atoms with Gasteiger partial charge in [-0.25, -0.2) is 0 Å². The minimum atomic E-state index is 0.840. The van der Waals surface area contributed by atoms with Gasteiger partial charge in [0.1, 0.15) is 0 Å². The lowest BCUT2D eigenvalue weighted by atomic mass is 9.91. The lowest BCUT2D eigenvalue weighted by molar-refractivity contribution is 1.19. The monoisotopic (exact) mass is 713 g/mol. The van der Waals surface area contributed by atoms with Gasteiger partial charge in [0.25, 0.3) is 0 Å². The molecular formula is C55H39N. The van der Waals surface area contributed by atoms with E-state index < -0.39 is 0 Å². The number of anilines is 3. The van der Waals surface area contributed by atoms with Crippen molar-refractivity contribution in [3.8, 4) is 33.4 Å². The Balaban J connectivity index is 1.06. The van der Waals surface area contributed by atoms with Crippen LogP contribution in [0.1, 0.15) is 11.1 Å². The Bertz CT molecular complexity index is 2980. The first-order valence-electron chi connectivity index (χ1n) is 19.3. The molecule has 56 heavy (non-hydrogen) atoms. The number of hydrogen-bond acceptors (Lipinski definition) is 1. The molecule has 1 nitrogen and oxygen atoms in total. The number of fused-ring (bicyclic) bond motifs is 8. The van der Waals surface area contributed by atoms with Gasteiger partial charge < -0.3 is 4.90 Å². The normalized spacial score (nSPS) is 13.9. The van der Waals surface area contributed by atoms with Gasteiger partial charge >= 0.3 is 0 Å². The van der Waals surface area contributed by atoms with E-state index in [1.165, 1.54) is 65.8 Å². The molecule has 1 heterocycles. The summed E-state index contributed by atoms with van der Waals surface area (Å²) < 4.78 is 0. The summed E-state index contributed by atoms with van der Waals surface area (Å²) in [6.07, 6.45) is 9.42. The van der Waals surface area contributed by atoms with Crippen LogP contribution in [0.2, 0.25) is 0 Å². The van der Waals surface area contributed by atoms with Crippen LogP contribution in [0.4, 0.5) is 17.1 Å². The van der Waals surface area contributed by atoms with Crippen LogP contribution in [0, 0.1) is 0 Å². The number of nitrogens with zero attached hydrogens (tertiary/aromatic N) is 1. The SMILES string of the molecule is C=C1/C=C\C=C/Cc2ccccc2N(c2ccccc2)c2ccc(-c3cccc(-c4cccc(-c5ccc6c7ccccc7c7ccccc7c6c5)c4)c3)cc21. The Hall–Kier alpha value is -7.22. The van der Waals surface area contributed by atoms with Gasteiger partial charge in [0.15, 0.2) is 0 Å². The first-order valence-corrected chi connectivity index (χ1v) is 19.3. The summed E-state index contributed by atoms with van der Waals surface area (Å²) in [6, 6.07) is 68.6. The van der Waals surface area contributed by atoms with E-state index in [9.17, 15) is 0 Å². The van der Waals surface area contributed by atoms with Gasteiger partial charge in [-0.1, -0.05) is 170 Å². The molecule has 0 bridgehead atoms. The second-order valence-corrected chi connectivity index (χ2v) is 14.6. The topological polar surface area (TPSA) is 3.24 Å². The van der Waals surface area contributed by atoms with Crippen molar-refractivity contribution >= 4 is 55.0 Å². The van der Waals surface area contributed by atoms with E-state index in [4.69, 9.17) is 0 Å². The van der Waals surface area contributed by atoms with Crippen LogP contribution in [-0.4, -0.2) is 0 Å². The molecule has 1 heteroatoms. The number of rotatable bonds is 4. The molecule has 0 N–H and O–H groups in total. The fraction of sp³-hybridized carbons (Fsp3) is 0.0182. The highest BCUT2D eigenvalue weighted by Crippen LogP contribution is 2.43. The summed E-state index contributed by atoms with van der Waals surface area (Å²) in [4.78, 5) is 2.38. The molecule has 0 spiro atoms. The van der Waals surface area contributed by atoms with Crippen molar-refractivity contribution in [1.82, 2.24) is 0 Å². The lowest BCUT2D eigenvalue weighted by Crippen LogP contribution is -2.13. The molecule has 264 valence electrons. The van der Waals surface area contributed by atoms with Gasteiger partial charge in [-0.2, -0.15) is 0 Å². The van der Waals surface area contributed by atoms with Crippen molar-refractivity contribution < 1.29 is 0 Å². The zero-order valence-electron chi connectivity index (χ0n) is 31.1. The van der Waals surface area contributed by atoms with Crippen LogP contribution >= 0.6 is 0 Å². The molecule has 1 aliphatic rings. The van der Waals surface area contributed by atoms with Crippen LogP contribution in [0.15, 0.2) is 219 Å². The van der Waals surface area contributed by atoms with Crippen molar-refractivity contribution in [2.75, 3.05) is 4.90 Å². The van der Waals surface area contributed by atoms with E-state index in [1.54, 1.807) is 0 Å². The maximum Gasteiger partial charge on any atom is 0.0540 e. The molecule has 9 aromatic rings. The fourth-order valence-corrected chi connectivity index (χ4v) is 8.43. The van der Waals surface area contributed by atoms with Gasteiger partial charge in [0.2, 0.25) is 0 Å². The highest BCUT2D eigenvalue weighted by atomic mass is 15.1. The highest BCUT2D eigenvalue weighted by Gasteiger charge is 2.20. The summed E-state index contributed by atoms with van der Waals surface area (Å²) in [5.41, 5.74) is 13.8. The summed E-state index contributed by atoms with van der Waals surface area (Å²) in [5.74, 6) is 0. The third-order valence-corrected chi connectivity index (χ3v) is 11.2. The minimum absolute atomic E-state index is 0.840. The molecule has 0 saturated carbocycles. The Morgan fingerprint density at radius 1 is 0.375 bits per heavy atom. The van der Waals surface area contributed by atoms with Crippen LogP contribution in [0.25, 0.3) is 71.3 Å². The molecule has 0 atom stereocenters. The van der Waals surface area contributed by atoms with Crippen molar-refractivity contribution in [3.63, 3.8) is 0 Å². The van der Waals surface area contributed by atoms with E-state index in [1.807, 2.05) is 0 Å². The standard InChI is InChI=1S/C55H39N/c1-38-16-4-2-5-17-39-18-8-13-29-54(39)56(46-23-6-3-7-24-46)55-33-31-45(36-52(38)55)43-22-15-20-41(35-43)40-19-14-21-42(34-40)44-30-32-51-49-27-10-9-25-47(49)48-26-11-12-28-50(48)53(51)37-44/h2-16,18-37H,1,17H2/b5-2-,16-4-. The third kappa shape index (κ3) is 6.00. The number of para-hydroxylation sites is 2. The zero-order valence-corrected chi connectivity index (χ0v) is 31.1. The molecular weight excluding hydrogens is 675 g/mol. The Morgan fingerprint density at radius 2 is 0.893 bits per heavy atom. The van der Waals surface area contributed by atoms with Crippen molar-refractivity contribution in [2.45, 2.75) is 6.42 Å². The van der Waals surface area contributed by atoms with Crippen LogP contribution < -0.4 is 4.90 Å². The second kappa shape index (κ2) is 14.2. The molecule has 1 aliphatic heterocycles. The maximum atomic E-state index is 4.59. The van der Waals surface area contributed by atoms with Gasteiger partial charge in [-0.05, 0) is 132 Å². The summed E-state index contributed by atoms with van der Waals surface area (Å²) in [7, 11) is 0. The van der Waals surface area contributed by atoms with Gasteiger partial charge in [0, 0.05) is 16.9 Å². The molecule has 0 unspecified atom stereocenters. The van der Waals surface area contributed by atoms with Crippen molar-refractivity contribution in [1.29, 1.82) is 0 Å².